The van der Waals surface area contributed by atoms with Gasteiger partial charge in [-0.05, 0) is 73.4 Å². The van der Waals surface area contributed by atoms with Crippen molar-refractivity contribution in [2.45, 2.75) is 70.6 Å². The normalized spacial score (nSPS) is 26.3. The molecule has 0 spiro atoms. The van der Waals surface area contributed by atoms with E-state index in [1.807, 2.05) is 25.1 Å². The Morgan fingerprint density at radius 2 is 1.68 bits per heavy atom. The number of amides is 2. The zero-order valence-corrected chi connectivity index (χ0v) is 24.0. The van der Waals surface area contributed by atoms with Gasteiger partial charge in [0.15, 0.2) is 0 Å². The molecule has 7 nitrogen and oxygen atoms in total. The van der Waals surface area contributed by atoms with Gasteiger partial charge in [0.2, 0.25) is 21.8 Å². The van der Waals surface area contributed by atoms with Crippen LogP contribution in [0.1, 0.15) is 63.1 Å². The van der Waals surface area contributed by atoms with Crippen molar-refractivity contribution < 1.29 is 31.2 Å². The van der Waals surface area contributed by atoms with E-state index in [0.717, 1.165) is 24.8 Å². The average molecular weight is 590 g/mol. The van der Waals surface area contributed by atoms with E-state index in [1.54, 1.807) is 28.0 Å². The van der Waals surface area contributed by atoms with Crippen LogP contribution in [0.2, 0.25) is 0 Å². The summed E-state index contributed by atoms with van der Waals surface area (Å²) in [7, 11) is -3.61. The summed E-state index contributed by atoms with van der Waals surface area (Å²) in [5.41, 5.74) is 3.77. The lowest BCUT2D eigenvalue weighted by Gasteiger charge is -2.43. The van der Waals surface area contributed by atoms with Crippen molar-refractivity contribution in [1.82, 2.24) is 4.31 Å². The molecule has 2 heterocycles. The minimum atomic E-state index is -4.45. The van der Waals surface area contributed by atoms with Crippen LogP contribution in [0.25, 0.3) is 11.1 Å². The molecular formula is C30H34F3N3O4S. The monoisotopic (exact) mass is 589 g/mol. The fourth-order valence-electron chi connectivity index (χ4n) is 6.93. The number of alkyl halides is 3. The molecule has 2 amide bonds. The summed E-state index contributed by atoms with van der Waals surface area (Å²) in [4.78, 5) is 29.4. The van der Waals surface area contributed by atoms with E-state index >= 15 is 0 Å². The molecule has 41 heavy (non-hydrogen) atoms. The van der Waals surface area contributed by atoms with Gasteiger partial charge in [0, 0.05) is 25.9 Å². The molecule has 2 aromatic carbocycles. The number of carbonyl (C=O) groups is 2. The van der Waals surface area contributed by atoms with Gasteiger partial charge in [0.25, 0.3) is 0 Å². The summed E-state index contributed by atoms with van der Waals surface area (Å²) in [5.74, 6) is -1.82. The Kier molecular flexibility index (Phi) is 6.96. The minimum Gasteiger partial charge on any atom is -0.308 e. The predicted molar refractivity (Wildman–Crippen MR) is 150 cm³/mol. The maximum atomic E-state index is 14.0. The number of hydrogen-bond donors (Lipinski definition) is 0. The lowest BCUT2D eigenvalue weighted by atomic mass is 9.79. The number of hydrogen-bond acceptors (Lipinski definition) is 4. The van der Waals surface area contributed by atoms with Crippen LogP contribution in [0, 0.1) is 11.8 Å². The number of fused-ring (bicyclic) bond motifs is 2. The van der Waals surface area contributed by atoms with Crippen molar-refractivity contribution in [3.05, 3.63) is 47.5 Å². The molecule has 1 saturated heterocycles. The molecule has 0 radical (unpaired) electrons. The second kappa shape index (κ2) is 10.1. The van der Waals surface area contributed by atoms with Crippen LogP contribution >= 0.6 is 0 Å². The standard InChI is InChI=1S/C30H34F3N3O4S/c1-18-17-34(29(38)20-5-3-6-20)28-15-22(8-10-26(28)36(18)19(2)37)21-7-9-25-23(13-21)14-24(30(31,32)33)16-27(25)35-11-4-12-41(35,39)40/h7-10,13,15,18,20,24,27H,3-6,11-12,14,16-17H2,1-2H3/t18-,24?,27?/m0/s1. The first-order valence-corrected chi connectivity index (χ1v) is 15.9. The Labute approximate surface area is 238 Å². The lowest BCUT2D eigenvalue weighted by Crippen LogP contribution is -2.53. The summed E-state index contributed by atoms with van der Waals surface area (Å²) < 4.78 is 68.7. The molecular weight excluding hydrogens is 555 g/mol. The van der Waals surface area contributed by atoms with Crippen molar-refractivity contribution in [2.24, 2.45) is 11.8 Å². The highest BCUT2D eigenvalue weighted by Gasteiger charge is 2.48. The fourth-order valence-corrected chi connectivity index (χ4v) is 8.66. The first-order chi connectivity index (χ1) is 19.3. The molecule has 1 saturated carbocycles. The van der Waals surface area contributed by atoms with Crippen LogP contribution in [0.5, 0.6) is 0 Å². The van der Waals surface area contributed by atoms with Crippen LogP contribution in [0.15, 0.2) is 36.4 Å². The predicted octanol–water partition coefficient (Wildman–Crippen LogP) is 5.44. The Hall–Kier alpha value is -2.92. The number of halogens is 3. The molecule has 6 rings (SSSR count). The topological polar surface area (TPSA) is 78.0 Å². The molecule has 2 aromatic rings. The Balaban J connectivity index is 1.41. The van der Waals surface area contributed by atoms with Crippen molar-refractivity contribution in [2.75, 3.05) is 28.6 Å². The van der Waals surface area contributed by atoms with E-state index in [4.69, 9.17) is 0 Å². The summed E-state index contributed by atoms with van der Waals surface area (Å²) in [6.45, 7) is 4.00. The number of anilines is 2. The Bertz CT molecular complexity index is 1500. The first-order valence-electron chi connectivity index (χ1n) is 14.3. The highest BCUT2D eigenvalue weighted by Crippen LogP contribution is 2.47. The second-order valence-electron chi connectivity index (χ2n) is 11.9. The lowest BCUT2D eigenvalue weighted by molar-refractivity contribution is -0.180. The van der Waals surface area contributed by atoms with Crippen LogP contribution < -0.4 is 9.80 Å². The quantitative estimate of drug-likeness (QED) is 0.478. The van der Waals surface area contributed by atoms with Gasteiger partial charge in [0.05, 0.1) is 35.1 Å². The number of rotatable bonds is 3. The molecule has 0 N–H and O–H groups in total. The van der Waals surface area contributed by atoms with Gasteiger partial charge >= 0.3 is 6.18 Å². The second-order valence-corrected chi connectivity index (χ2v) is 13.9. The smallest absolute Gasteiger partial charge is 0.308 e. The summed E-state index contributed by atoms with van der Waals surface area (Å²) in [6, 6.07) is 9.74. The first kappa shape index (κ1) is 28.2. The van der Waals surface area contributed by atoms with E-state index in [2.05, 4.69) is 0 Å². The summed E-state index contributed by atoms with van der Waals surface area (Å²) >= 11 is 0. The van der Waals surface area contributed by atoms with E-state index in [9.17, 15) is 31.2 Å². The van der Waals surface area contributed by atoms with Gasteiger partial charge in [-0.1, -0.05) is 30.7 Å². The van der Waals surface area contributed by atoms with Crippen molar-refractivity contribution in [3.8, 4) is 11.1 Å². The van der Waals surface area contributed by atoms with Gasteiger partial charge in [0.1, 0.15) is 0 Å². The zero-order chi connectivity index (χ0) is 29.3. The van der Waals surface area contributed by atoms with Crippen LogP contribution in [-0.2, 0) is 26.0 Å². The van der Waals surface area contributed by atoms with Crippen molar-refractivity contribution in [1.29, 1.82) is 0 Å². The zero-order valence-electron chi connectivity index (χ0n) is 23.2. The van der Waals surface area contributed by atoms with E-state index < -0.39 is 28.2 Å². The van der Waals surface area contributed by atoms with Crippen molar-refractivity contribution >= 4 is 33.2 Å². The molecule has 2 unspecified atom stereocenters. The van der Waals surface area contributed by atoms with Gasteiger partial charge < -0.3 is 9.80 Å². The molecule has 11 heteroatoms. The molecule has 0 bridgehead atoms. The maximum absolute atomic E-state index is 14.0. The SMILES string of the molecule is CC(=O)N1c2ccc(-c3ccc4c(c3)CC(C(F)(F)F)CC4N3CCCS3(=O)=O)cc2N(C(=O)C2CCC2)C[C@@H]1C. The van der Waals surface area contributed by atoms with E-state index in [1.165, 1.54) is 11.2 Å². The van der Waals surface area contributed by atoms with Crippen molar-refractivity contribution in [3.63, 3.8) is 0 Å². The molecule has 220 valence electrons. The molecule has 0 aromatic heterocycles. The van der Waals surface area contributed by atoms with Gasteiger partial charge in [-0.25, -0.2) is 8.42 Å². The van der Waals surface area contributed by atoms with Crippen LogP contribution in [0.3, 0.4) is 0 Å². The molecule has 2 aliphatic heterocycles. The minimum absolute atomic E-state index is 0.0376. The third kappa shape index (κ3) is 4.94. The maximum Gasteiger partial charge on any atom is 0.392 e. The van der Waals surface area contributed by atoms with Crippen LogP contribution in [0.4, 0.5) is 24.5 Å². The van der Waals surface area contributed by atoms with Crippen LogP contribution in [-0.4, -0.2) is 55.6 Å². The molecule has 2 fully saturated rings. The molecule has 4 aliphatic rings. The highest BCUT2D eigenvalue weighted by atomic mass is 32.2. The molecule has 2 aliphatic carbocycles. The van der Waals surface area contributed by atoms with E-state index in [0.29, 0.717) is 41.0 Å². The number of nitrogens with zero attached hydrogens (tertiary/aromatic N) is 3. The average Bonchev–Trinajstić information content (AvgIpc) is 3.23. The number of carbonyl (C=O) groups excluding carboxylic acids is 2. The fraction of sp³-hybridized carbons (Fsp3) is 0.533. The third-order valence-electron chi connectivity index (χ3n) is 9.23. The Morgan fingerprint density at radius 3 is 2.29 bits per heavy atom. The van der Waals surface area contributed by atoms with Gasteiger partial charge in [-0.2, -0.15) is 17.5 Å². The molecule has 3 atom stereocenters. The van der Waals surface area contributed by atoms with Gasteiger partial charge in [-0.3, -0.25) is 9.59 Å². The number of benzene rings is 2. The Morgan fingerprint density at radius 1 is 0.976 bits per heavy atom. The largest absolute Gasteiger partial charge is 0.392 e. The number of sulfonamides is 1. The van der Waals surface area contributed by atoms with Gasteiger partial charge in [-0.15, -0.1) is 0 Å². The highest BCUT2D eigenvalue weighted by molar-refractivity contribution is 7.89. The summed E-state index contributed by atoms with van der Waals surface area (Å²) in [5, 5.41) is 0. The summed E-state index contributed by atoms with van der Waals surface area (Å²) in [6.07, 6.45) is -1.85. The van der Waals surface area contributed by atoms with E-state index in [-0.39, 0.29) is 48.9 Å². The third-order valence-corrected chi connectivity index (χ3v) is 11.2.